The summed E-state index contributed by atoms with van der Waals surface area (Å²) in [7, 11) is 0. The molecule has 2 aliphatic heterocycles. The molecule has 0 aromatic heterocycles. The van der Waals surface area contributed by atoms with Crippen molar-refractivity contribution in [1.29, 1.82) is 0 Å². The van der Waals surface area contributed by atoms with E-state index < -0.39 is 30.6 Å². The van der Waals surface area contributed by atoms with Gasteiger partial charge in [-0.2, -0.15) is 0 Å². The van der Waals surface area contributed by atoms with Crippen molar-refractivity contribution in [2.45, 2.75) is 162 Å². The Morgan fingerprint density at radius 3 is 1.59 bits per heavy atom. The fraction of sp³-hybridized carbons (Fsp3) is 0.448. The first-order valence-electron chi connectivity index (χ1n) is 25.9. The molecule has 74 heavy (non-hydrogen) atoms. The number of rotatable bonds is 23. The SMILES string of the molecule is CC#CC#CC#CC#CC#CC#CC#CC#CC#CC#CC#CC#CC(=O)N[C@@H](CO[C@H]1OC2COC(c3ccccc3)O[C@@H]2[C@H](C)C1C)[C@H](OCc1ccccc1)[C@H](C)CCCCCCCCCCCCCC. The maximum atomic E-state index is 13.6. The van der Waals surface area contributed by atoms with Crippen LogP contribution in [-0.4, -0.2) is 49.8 Å². The van der Waals surface area contributed by atoms with Crippen LogP contribution in [0, 0.1) is 160 Å². The van der Waals surface area contributed by atoms with Crippen molar-refractivity contribution in [1.82, 2.24) is 5.32 Å². The van der Waals surface area contributed by atoms with Crippen molar-refractivity contribution in [3.63, 3.8) is 0 Å². The first kappa shape index (κ1) is 59.0. The van der Waals surface area contributed by atoms with Crippen molar-refractivity contribution in [3.05, 3.63) is 71.8 Å². The summed E-state index contributed by atoms with van der Waals surface area (Å²) in [6.45, 7) is 11.3. The molecule has 0 radical (unpaired) electrons. The highest BCUT2D eigenvalue weighted by atomic mass is 16.7. The third kappa shape index (κ3) is 24.7. The van der Waals surface area contributed by atoms with Crippen molar-refractivity contribution < 1.29 is 28.5 Å². The van der Waals surface area contributed by atoms with E-state index in [1.165, 1.54) is 64.2 Å². The van der Waals surface area contributed by atoms with Crippen LogP contribution < -0.4 is 5.32 Å². The van der Waals surface area contributed by atoms with E-state index >= 15 is 0 Å². The molecule has 4 rings (SSSR count). The average Bonchev–Trinajstić information content (AvgIpc) is 3.42. The van der Waals surface area contributed by atoms with Crippen LogP contribution in [0.2, 0.25) is 0 Å². The number of benzene rings is 2. The second kappa shape index (κ2) is 38.1. The normalized spacial score (nSPS) is 18.4. The number of fused-ring (bicyclic) bond motifs is 1. The van der Waals surface area contributed by atoms with E-state index in [1.54, 1.807) is 6.92 Å². The van der Waals surface area contributed by atoms with Gasteiger partial charge in [0.05, 0.1) is 38.1 Å². The average molecular weight is 982 g/mol. The Labute approximate surface area is 444 Å². The Balaban J connectivity index is 1.40. The number of carbonyl (C=O) groups is 1. The number of hydrogen-bond acceptors (Lipinski definition) is 6. The summed E-state index contributed by atoms with van der Waals surface area (Å²) in [5.41, 5.74) is 2.01. The number of carbonyl (C=O) groups excluding carboxylic acids is 1. The van der Waals surface area contributed by atoms with Crippen molar-refractivity contribution in [2.75, 3.05) is 13.2 Å². The number of hydrogen-bond donors (Lipinski definition) is 1. The molecule has 3 unspecified atom stereocenters. The molecule has 2 aliphatic rings. The van der Waals surface area contributed by atoms with Gasteiger partial charge in [0, 0.05) is 52.9 Å². The van der Waals surface area contributed by atoms with Gasteiger partial charge >= 0.3 is 0 Å². The molecule has 7 nitrogen and oxygen atoms in total. The molecule has 9 atom stereocenters. The molecule has 0 saturated carbocycles. The van der Waals surface area contributed by atoms with Crippen LogP contribution in [0.3, 0.4) is 0 Å². The minimum Gasteiger partial charge on any atom is -0.371 e. The molecule has 376 valence electrons. The van der Waals surface area contributed by atoms with E-state index in [4.69, 9.17) is 23.7 Å². The number of amides is 1. The summed E-state index contributed by atoms with van der Waals surface area (Å²) >= 11 is 0. The third-order valence-electron chi connectivity index (χ3n) is 12.3. The van der Waals surface area contributed by atoms with Crippen LogP contribution >= 0.6 is 0 Å². The molecule has 2 aromatic carbocycles. The number of unbranched alkanes of at least 4 members (excludes halogenated alkanes) is 11. The van der Waals surface area contributed by atoms with E-state index in [1.807, 2.05) is 60.7 Å². The van der Waals surface area contributed by atoms with Gasteiger partial charge in [0.1, 0.15) is 6.10 Å². The second-order valence-corrected chi connectivity index (χ2v) is 17.9. The van der Waals surface area contributed by atoms with Gasteiger partial charge in [-0.05, 0) is 125 Å². The Morgan fingerprint density at radius 1 is 0.608 bits per heavy atom. The van der Waals surface area contributed by atoms with Gasteiger partial charge in [-0.25, -0.2) is 0 Å². The standard InChI is InChI=1S/C67H67NO6/c1-6-8-10-12-14-16-18-20-21-22-23-24-25-26-27-28-29-30-32-34-36-38-46-52-63(69)68-61(54-71-66-58(5)57(4)65-62(73-66)55-72-67(74-65)60-50-44-40-45-51-60)64(70-53-59-48-42-39-43-49-59)56(3)47-41-37-35-33-31-19-17-15-13-11-9-7-2/h39-40,42-45,48-51,56-58,61-62,64-67H,7,9,11,13,15,17,19,31,33,35,37,41,47,53-55H2,1-5H3,(H,68,69)/t56-,57-,58?,61+,62?,64-,65-,66+,67?/m1/s1. The highest BCUT2D eigenvalue weighted by Crippen LogP contribution is 2.39. The summed E-state index contributed by atoms with van der Waals surface area (Å²) in [6, 6.07) is 19.5. The van der Waals surface area contributed by atoms with E-state index in [2.05, 4.69) is 175 Å². The van der Waals surface area contributed by atoms with Gasteiger partial charge in [-0.3, -0.25) is 4.79 Å². The Morgan fingerprint density at radius 2 is 1.08 bits per heavy atom. The van der Waals surface area contributed by atoms with Gasteiger partial charge in [0.25, 0.3) is 5.91 Å². The lowest BCUT2D eigenvalue weighted by atomic mass is 9.84. The fourth-order valence-electron chi connectivity index (χ4n) is 8.26. The van der Waals surface area contributed by atoms with Gasteiger partial charge in [-0.15, -0.1) is 0 Å². The smallest absolute Gasteiger partial charge is 0.297 e. The highest BCUT2D eigenvalue weighted by Gasteiger charge is 2.47. The Kier molecular flexibility index (Phi) is 30.4. The molecule has 2 heterocycles. The minimum absolute atomic E-state index is 0.0197. The van der Waals surface area contributed by atoms with Crippen LogP contribution in [0.1, 0.15) is 136 Å². The predicted octanol–water partition coefficient (Wildman–Crippen LogP) is 9.97. The highest BCUT2D eigenvalue weighted by molar-refractivity contribution is 5.94. The maximum Gasteiger partial charge on any atom is 0.297 e. The second-order valence-electron chi connectivity index (χ2n) is 17.9. The van der Waals surface area contributed by atoms with E-state index in [-0.39, 0.29) is 36.6 Å². The summed E-state index contributed by atoms with van der Waals surface area (Å²) in [6.07, 6.45) is 14.4. The Bertz CT molecular complexity index is 2870. The molecule has 2 aromatic rings. The number of ether oxygens (including phenoxy) is 5. The quantitative estimate of drug-likeness (QED) is 0.0884. The maximum absolute atomic E-state index is 13.6. The zero-order chi connectivity index (χ0) is 52.5. The molecular weight excluding hydrogens is 915 g/mol. The van der Waals surface area contributed by atoms with Gasteiger partial charge in [0.2, 0.25) is 0 Å². The van der Waals surface area contributed by atoms with Gasteiger partial charge < -0.3 is 29.0 Å². The zero-order valence-corrected chi connectivity index (χ0v) is 43.7. The van der Waals surface area contributed by atoms with Crippen LogP contribution in [-0.2, 0) is 35.1 Å². The van der Waals surface area contributed by atoms with Crippen LogP contribution in [0.4, 0.5) is 0 Å². The van der Waals surface area contributed by atoms with Crippen molar-refractivity contribution >= 4 is 5.91 Å². The summed E-state index contributed by atoms with van der Waals surface area (Å²) in [5, 5.41) is 3.14. The number of nitrogens with one attached hydrogen (secondary N) is 1. The molecule has 1 amide bonds. The summed E-state index contributed by atoms with van der Waals surface area (Å²) in [5.74, 6) is 61.4. The largest absolute Gasteiger partial charge is 0.371 e. The van der Waals surface area contributed by atoms with Crippen molar-refractivity contribution in [2.24, 2.45) is 17.8 Å². The third-order valence-corrected chi connectivity index (χ3v) is 12.3. The van der Waals surface area contributed by atoms with E-state index in [9.17, 15) is 4.79 Å². The van der Waals surface area contributed by atoms with E-state index in [0.29, 0.717) is 13.2 Å². The molecule has 0 bridgehead atoms. The van der Waals surface area contributed by atoms with Crippen LogP contribution in [0.5, 0.6) is 0 Å². The molecule has 7 heteroatoms. The lowest BCUT2D eigenvalue weighted by Gasteiger charge is -2.48. The minimum atomic E-state index is -0.568. The first-order chi connectivity index (χ1) is 36.4. The zero-order valence-electron chi connectivity index (χ0n) is 43.7. The Hall–Kier alpha value is -7.57. The lowest BCUT2D eigenvalue weighted by molar-refractivity contribution is -0.343. The molecule has 1 N–H and O–H groups in total. The molecule has 0 aliphatic carbocycles. The van der Waals surface area contributed by atoms with Gasteiger partial charge in [0.15, 0.2) is 12.6 Å². The predicted molar refractivity (Wildman–Crippen MR) is 294 cm³/mol. The molecule has 2 fully saturated rings. The monoisotopic (exact) mass is 981 g/mol. The first-order valence-corrected chi connectivity index (χ1v) is 25.9. The van der Waals surface area contributed by atoms with Crippen LogP contribution in [0.25, 0.3) is 0 Å². The van der Waals surface area contributed by atoms with E-state index in [0.717, 1.165) is 30.4 Å². The topological polar surface area (TPSA) is 75.3 Å². The lowest BCUT2D eigenvalue weighted by Crippen LogP contribution is -2.57. The van der Waals surface area contributed by atoms with Crippen molar-refractivity contribution in [3.8, 4) is 142 Å². The molecule has 0 spiro atoms. The summed E-state index contributed by atoms with van der Waals surface area (Å²) < 4.78 is 32.7. The van der Waals surface area contributed by atoms with Crippen LogP contribution in [0.15, 0.2) is 60.7 Å². The molecule has 2 saturated heterocycles. The fourth-order valence-corrected chi connectivity index (χ4v) is 8.26. The van der Waals surface area contributed by atoms with Gasteiger partial charge in [-0.1, -0.05) is 171 Å². The molecular formula is C67H67NO6. The summed E-state index contributed by atoms with van der Waals surface area (Å²) in [4.78, 5) is 13.6.